The molecule has 1 aliphatic rings. The molecule has 0 spiro atoms. The Morgan fingerprint density at radius 1 is 1.38 bits per heavy atom. The second-order valence-corrected chi connectivity index (χ2v) is 7.73. The maximum absolute atomic E-state index is 10.9. The highest BCUT2D eigenvalue weighted by molar-refractivity contribution is 7.09. The molecule has 2 aromatic rings. The fourth-order valence-corrected chi connectivity index (χ4v) is 4.27. The molecule has 5 heteroatoms. The molecule has 4 nitrogen and oxygen atoms in total. The predicted octanol–water partition coefficient (Wildman–Crippen LogP) is 4.34. The highest BCUT2D eigenvalue weighted by Crippen LogP contribution is 2.31. The number of nitrogens with zero attached hydrogens (tertiary/aromatic N) is 2. The van der Waals surface area contributed by atoms with Crippen molar-refractivity contribution in [1.29, 1.82) is 0 Å². The molecule has 0 bridgehead atoms. The van der Waals surface area contributed by atoms with Crippen LogP contribution >= 0.6 is 11.3 Å². The van der Waals surface area contributed by atoms with Gasteiger partial charge in [0, 0.05) is 24.4 Å². The highest BCUT2D eigenvalue weighted by atomic mass is 32.1. The van der Waals surface area contributed by atoms with E-state index in [1.165, 1.54) is 29.1 Å². The molecule has 24 heavy (non-hydrogen) atoms. The molecule has 0 amide bonds. The summed E-state index contributed by atoms with van der Waals surface area (Å²) in [4.78, 5) is 18.2. The van der Waals surface area contributed by atoms with E-state index in [4.69, 9.17) is 10.1 Å². The van der Waals surface area contributed by atoms with Crippen LogP contribution in [0.3, 0.4) is 0 Å². The van der Waals surface area contributed by atoms with E-state index in [0.29, 0.717) is 17.4 Å². The highest BCUT2D eigenvalue weighted by Gasteiger charge is 2.24. The third-order valence-electron chi connectivity index (χ3n) is 4.59. The Labute approximate surface area is 147 Å². The third-order valence-corrected chi connectivity index (χ3v) is 5.62. The van der Waals surface area contributed by atoms with Gasteiger partial charge in [0.2, 0.25) is 0 Å². The van der Waals surface area contributed by atoms with Gasteiger partial charge in [-0.25, -0.2) is 9.78 Å². The average molecular weight is 344 g/mol. The van der Waals surface area contributed by atoms with E-state index in [1.807, 2.05) is 12.1 Å². The maximum Gasteiger partial charge on any atom is 0.335 e. The van der Waals surface area contributed by atoms with Gasteiger partial charge in [-0.3, -0.25) is 4.90 Å². The average Bonchev–Trinajstić information content (AvgIpc) is 3.06. The van der Waals surface area contributed by atoms with Crippen LogP contribution in [-0.4, -0.2) is 34.0 Å². The summed E-state index contributed by atoms with van der Waals surface area (Å²) in [6, 6.07) is 7.23. The van der Waals surface area contributed by atoms with Gasteiger partial charge in [-0.2, -0.15) is 0 Å². The molecule has 2 heterocycles. The zero-order valence-corrected chi connectivity index (χ0v) is 15.1. The first-order valence-electron chi connectivity index (χ1n) is 8.53. The molecule has 0 saturated carbocycles. The van der Waals surface area contributed by atoms with E-state index in [-0.39, 0.29) is 0 Å². The lowest BCUT2D eigenvalue weighted by atomic mass is 9.98. The predicted molar refractivity (Wildman–Crippen MR) is 96.9 cm³/mol. The van der Waals surface area contributed by atoms with Gasteiger partial charge in [0.25, 0.3) is 0 Å². The lowest BCUT2D eigenvalue weighted by molar-refractivity contribution is 0.0697. The monoisotopic (exact) mass is 344 g/mol. The smallest absolute Gasteiger partial charge is 0.335 e. The lowest BCUT2D eigenvalue weighted by Crippen LogP contribution is -2.33. The van der Waals surface area contributed by atoms with Crippen molar-refractivity contribution in [2.24, 2.45) is 0 Å². The van der Waals surface area contributed by atoms with Crippen molar-refractivity contribution in [3.05, 3.63) is 51.5 Å². The van der Waals surface area contributed by atoms with Gasteiger partial charge in [0.05, 0.1) is 16.3 Å². The van der Waals surface area contributed by atoms with E-state index in [1.54, 1.807) is 23.5 Å². The second-order valence-electron chi connectivity index (χ2n) is 6.84. The van der Waals surface area contributed by atoms with Gasteiger partial charge in [-0.1, -0.05) is 26.0 Å². The Morgan fingerprint density at radius 3 is 2.75 bits per heavy atom. The van der Waals surface area contributed by atoms with E-state index >= 15 is 0 Å². The summed E-state index contributed by atoms with van der Waals surface area (Å²) >= 11 is 1.79. The van der Waals surface area contributed by atoms with Crippen molar-refractivity contribution < 1.29 is 9.90 Å². The molecule has 1 aromatic carbocycles. The van der Waals surface area contributed by atoms with Crippen molar-refractivity contribution in [1.82, 2.24) is 9.88 Å². The normalized spacial score (nSPS) is 18.9. The fourth-order valence-electron chi connectivity index (χ4n) is 3.17. The molecule has 1 fully saturated rings. The van der Waals surface area contributed by atoms with Crippen LogP contribution in [-0.2, 0) is 6.54 Å². The van der Waals surface area contributed by atoms with Crippen LogP contribution in [0, 0.1) is 0 Å². The van der Waals surface area contributed by atoms with E-state index in [9.17, 15) is 4.79 Å². The Hall–Kier alpha value is -1.72. The quantitative estimate of drug-likeness (QED) is 0.876. The number of hydrogen-bond donors (Lipinski definition) is 1. The van der Waals surface area contributed by atoms with E-state index < -0.39 is 5.97 Å². The van der Waals surface area contributed by atoms with Crippen molar-refractivity contribution in [3.8, 4) is 0 Å². The number of aromatic carboxylic acids is 1. The zero-order valence-electron chi connectivity index (χ0n) is 14.2. The molecule has 3 rings (SSSR count). The number of benzene rings is 1. The Kier molecular flexibility index (Phi) is 5.31. The maximum atomic E-state index is 10.9. The molecule has 0 aliphatic carbocycles. The summed E-state index contributed by atoms with van der Waals surface area (Å²) in [5, 5.41) is 12.4. The second kappa shape index (κ2) is 7.45. The third kappa shape index (κ3) is 4.02. The van der Waals surface area contributed by atoms with Gasteiger partial charge in [0.15, 0.2) is 0 Å². The summed E-state index contributed by atoms with van der Waals surface area (Å²) < 4.78 is 0. The minimum Gasteiger partial charge on any atom is -0.478 e. The van der Waals surface area contributed by atoms with Crippen LogP contribution in [0.15, 0.2) is 29.6 Å². The number of rotatable bonds is 5. The number of piperidine rings is 1. The first kappa shape index (κ1) is 17.1. The van der Waals surface area contributed by atoms with Gasteiger partial charge >= 0.3 is 5.97 Å². The Morgan fingerprint density at radius 2 is 2.12 bits per heavy atom. The summed E-state index contributed by atoms with van der Waals surface area (Å²) in [5.74, 6) is 0.140. The first-order chi connectivity index (χ1) is 11.5. The number of thiazole rings is 1. The van der Waals surface area contributed by atoms with Crippen LogP contribution in [0.5, 0.6) is 0 Å². The summed E-state index contributed by atoms with van der Waals surface area (Å²) in [7, 11) is 0. The van der Waals surface area contributed by atoms with Gasteiger partial charge < -0.3 is 5.11 Å². The van der Waals surface area contributed by atoms with Crippen molar-refractivity contribution >= 4 is 17.3 Å². The lowest BCUT2D eigenvalue weighted by Gasteiger charge is -2.31. The summed E-state index contributed by atoms with van der Waals surface area (Å²) in [5.41, 5.74) is 2.72. The molecule has 1 saturated heterocycles. The van der Waals surface area contributed by atoms with Gasteiger partial charge in [0.1, 0.15) is 0 Å². The molecule has 0 radical (unpaired) electrons. The molecular weight excluding hydrogens is 320 g/mol. The molecule has 128 valence electrons. The van der Waals surface area contributed by atoms with Gasteiger partial charge in [-0.05, 0) is 43.0 Å². The largest absolute Gasteiger partial charge is 0.478 e. The Bertz CT molecular complexity index is 694. The van der Waals surface area contributed by atoms with Crippen molar-refractivity contribution in [2.45, 2.75) is 45.1 Å². The number of aromatic nitrogens is 1. The molecule has 1 unspecified atom stereocenters. The van der Waals surface area contributed by atoms with Crippen molar-refractivity contribution in [2.75, 3.05) is 13.1 Å². The number of likely N-dealkylation sites (tertiary alicyclic amines) is 1. The van der Waals surface area contributed by atoms with Crippen LogP contribution in [0.1, 0.15) is 65.1 Å². The number of carboxylic acids is 1. The molecule has 1 aromatic heterocycles. The molecule has 1 N–H and O–H groups in total. The standard InChI is InChI=1S/C19H24N2O2S/c1-13(2)17-12-24-18(20-17)16-4-3-9-21(11-16)10-14-5-7-15(8-6-14)19(22)23/h5-8,12-13,16H,3-4,9-11H2,1-2H3,(H,22,23). The first-order valence-corrected chi connectivity index (χ1v) is 9.41. The topological polar surface area (TPSA) is 53.4 Å². The number of carboxylic acid groups (broad SMARTS) is 1. The molecular formula is C19H24N2O2S. The molecule has 1 aliphatic heterocycles. The number of carbonyl (C=O) groups is 1. The Balaban J connectivity index is 1.63. The minimum atomic E-state index is -0.871. The summed E-state index contributed by atoms with van der Waals surface area (Å²) in [6.07, 6.45) is 2.40. The van der Waals surface area contributed by atoms with Gasteiger partial charge in [-0.15, -0.1) is 11.3 Å². The zero-order chi connectivity index (χ0) is 17.1. The van der Waals surface area contributed by atoms with Crippen LogP contribution in [0.25, 0.3) is 0 Å². The SMILES string of the molecule is CC(C)c1csc(C2CCCN(Cc3ccc(C(=O)O)cc3)C2)n1. The fraction of sp³-hybridized carbons (Fsp3) is 0.474. The van der Waals surface area contributed by atoms with Crippen LogP contribution in [0.2, 0.25) is 0 Å². The molecule has 1 atom stereocenters. The summed E-state index contributed by atoms with van der Waals surface area (Å²) in [6.45, 7) is 7.38. The van der Waals surface area contributed by atoms with E-state index in [2.05, 4.69) is 24.1 Å². The number of hydrogen-bond acceptors (Lipinski definition) is 4. The van der Waals surface area contributed by atoms with Crippen molar-refractivity contribution in [3.63, 3.8) is 0 Å². The van der Waals surface area contributed by atoms with E-state index in [0.717, 1.165) is 19.6 Å². The van der Waals surface area contributed by atoms with Crippen LogP contribution in [0.4, 0.5) is 0 Å². The van der Waals surface area contributed by atoms with Crippen LogP contribution < -0.4 is 0 Å². The minimum absolute atomic E-state index is 0.347.